The van der Waals surface area contributed by atoms with Crippen molar-refractivity contribution in [3.63, 3.8) is 0 Å². The van der Waals surface area contributed by atoms with Gasteiger partial charge in [0.2, 0.25) is 0 Å². The molecule has 1 saturated heterocycles. The van der Waals surface area contributed by atoms with Gasteiger partial charge < -0.3 is 19.7 Å². The maximum absolute atomic E-state index is 12.9. The number of hydrogen-bond acceptors (Lipinski definition) is 4. The second-order valence-corrected chi connectivity index (χ2v) is 6.96. The number of hydrogen-bond donors (Lipinski definition) is 1. The summed E-state index contributed by atoms with van der Waals surface area (Å²) in [5, 5.41) is 3.08. The normalized spacial score (nSPS) is 13.9. The number of carbonyl (C=O) groups excluding carboxylic acids is 1. The average molecular weight is 383 g/mol. The third kappa shape index (κ3) is 4.97. The van der Waals surface area contributed by atoms with Crippen LogP contribution >= 0.6 is 0 Å². The first kappa shape index (κ1) is 20.1. The van der Waals surface area contributed by atoms with Gasteiger partial charge in [0.1, 0.15) is 0 Å². The Hall–Kier alpha value is -2.69. The maximum atomic E-state index is 12.9. The SMILES string of the molecule is CCCOc1ccc(C(=O)Nc2ccccc2N2CCCCC2)cc1OCC. The van der Waals surface area contributed by atoms with E-state index in [1.54, 1.807) is 12.1 Å². The van der Waals surface area contributed by atoms with Crippen molar-refractivity contribution in [2.75, 3.05) is 36.5 Å². The molecule has 1 aliphatic heterocycles. The van der Waals surface area contributed by atoms with E-state index >= 15 is 0 Å². The van der Waals surface area contributed by atoms with Gasteiger partial charge in [-0.2, -0.15) is 0 Å². The van der Waals surface area contributed by atoms with E-state index in [1.165, 1.54) is 19.3 Å². The van der Waals surface area contributed by atoms with Crippen LogP contribution in [0.5, 0.6) is 11.5 Å². The first-order chi connectivity index (χ1) is 13.7. The highest BCUT2D eigenvalue weighted by Crippen LogP contribution is 2.31. The van der Waals surface area contributed by atoms with Crippen LogP contribution in [0.1, 0.15) is 49.9 Å². The minimum absolute atomic E-state index is 0.146. The van der Waals surface area contributed by atoms with E-state index in [2.05, 4.69) is 23.2 Å². The van der Waals surface area contributed by atoms with Crippen molar-refractivity contribution < 1.29 is 14.3 Å². The molecule has 2 aromatic rings. The van der Waals surface area contributed by atoms with Crippen LogP contribution in [0.2, 0.25) is 0 Å². The minimum Gasteiger partial charge on any atom is -0.490 e. The van der Waals surface area contributed by atoms with Crippen LogP contribution in [0.15, 0.2) is 42.5 Å². The summed E-state index contributed by atoms with van der Waals surface area (Å²) in [6, 6.07) is 13.4. The number of amides is 1. The number of rotatable bonds is 8. The number of para-hydroxylation sites is 2. The molecule has 0 aromatic heterocycles. The molecule has 0 spiro atoms. The molecule has 0 atom stereocenters. The second-order valence-electron chi connectivity index (χ2n) is 6.96. The fourth-order valence-corrected chi connectivity index (χ4v) is 3.43. The molecule has 0 aliphatic carbocycles. The van der Waals surface area contributed by atoms with Gasteiger partial charge in [-0.25, -0.2) is 0 Å². The highest BCUT2D eigenvalue weighted by atomic mass is 16.5. The van der Waals surface area contributed by atoms with Gasteiger partial charge in [0.15, 0.2) is 11.5 Å². The zero-order valence-corrected chi connectivity index (χ0v) is 16.9. The lowest BCUT2D eigenvalue weighted by molar-refractivity contribution is 0.102. The first-order valence-electron chi connectivity index (χ1n) is 10.3. The summed E-state index contributed by atoms with van der Waals surface area (Å²) >= 11 is 0. The summed E-state index contributed by atoms with van der Waals surface area (Å²) < 4.78 is 11.4. The molecule has 28 heavy (non-hydrogen) atoms. The summed E-state index contributed by atoms with van der Waals surface area (Å²) in [6.07, 6.45) is 4.58. The zero-order valence-electron chi connectivity index (χ0n) is 16.9. The quantitative estimate of drug-likeness (QED) is 0.689. The van der Waals surface area contributed by atoms with Crippen LogP contribution in [0.25, 0.3) is 0 Å². The van der Waals surface area contributed by atoms with Crippen LogP contribution in [0, 0.1) is 0 Å². The van der Waals surface area contributed by atoms with Crippen molar-refractivity contribution in [2.24, 2.45) is 0 Å². The fraction of sp³-hybridized carbons (Fsp3) is 0.435. The standard InChI is InChI=1S/C23H30N2O3/c1-3-16-28-21-13-12-18(17-22(21)27-4-2)23(26)24-19-10-6-7-11-20(19)25-14-8-5-9-15-25/h6-7,10-13,17H,3-5,8-9,14-16H2,1-2H3,(H,24,26). The Kier molecular flexibility index (Phi) is 7.18. The third-order valence-electron chi connectivity index (χ3n) is 4.82. The molecule has 1 heterocycles. The van der Waals surface area contributed by atoms with E-state index < -0.39 is 0 Å². The van der Waals surface area contributed by atoms with Crippen molar-refractivity contribution in [3.8, 4) is 11.5 Å². The van der Waals surface area contributed by atoms with E-state index in [0.717, 1.165) is 30.9 Å². The number of piperidine rings is 1. The lowest BCUT2D eigenvalue weighted by Gasteiger charge is -2.30. The largest absolute Gasteiger partial charge is 0.490 e. The van der Waals surface area contributed by atoms with Gasteiger partial charge in [0.25, 0.3) is 5.91 Å². The van der Waals surface area contributed by atoms with Crippen LogP contribution in [0.3, 0.4) is 0 Å². The highest BCUT2D eigenvalue weighted by molar-refractivity contribution is 6.06. The molecule has 2 aromatic carbocycles. The highest BCUT2D eigenvalue weighted by Gasteiger charge is 2.17. The molecule has 0 saturated carbocycles. The predicted molar refractivity (Wildman–Crippen MR) is 114 cm³/mol. The molecule has 1 fully saturated rings. The summed E-state index contributed by atoms with van der Waals surface area (Å²) in [5.41, 5.74) is 2.49. The second kappa shape index (κ2) is 10.0. The summed E-state index contributed by atoms with van der Waals surface area (Å²) in [7, 11) is 0. The van der Waals surface area contributed by atoms with E-state index in [9.17, 15) is 4.79 Å². The lowest BCUT2D eigenvalue weighted by Crippen LogP contribution is -2.30. The predicted octanol–water partition coefficient (Wildman–Crippen LogP) is 5.12. The van der Waals surface area contributed by atoms with Crippen molar-refractivity contribution >= 4 is 17.3 Å². The van der Waals surface area contributed by atoms with Crippen LogP contribution in [0.4, 0.5) is 11.4 Å². The lowest BCUT2D eigenvalue weighted by atomic mass is 10.1. The fourth-order valence-electron chi connectivity index (χ4n) is 3.43. The van der Waals surface area contributed by atoms with Crippen molar-refractivity contribution in [1.82, 2.24) is 0 Å². The summed E-state index contributed by atoms with van der Waals surface area (Å²) in [6.45, 7) is 7.18. The topological polar surface area (TPSA) is 50.8 Å². The maximum Gasteiger partial charge on any atom is 0.255 e. The number of nitrogens with one attached hydrogen (secondary N) is 1. The van der Waals surface area contributed by atoms with Crippen molar-refractivity contribution in [1.29, 1.82) is 0 Å². The van der Waals surface area contributed by atoms with Gasteiger partial charge in [-0.15, -0.1) is 0 Å². The van der Waals surface area contributed by atoms with E-state index in [0.29, 0.717) is 30.3 Å². The number of anilines is 2. The minimum atomic E-state index is -0.146. The summed E-state index contributed by atoms with van der Waals surface area (Å²) in [5.74, 6) is 1.13. The molecule has 5 nitrogen and oxygen atoms in total. The Bertz CT molecular complexity index is 785. The third-order valence-corrected chi connectivity index (χ3v) is 4.82. The van der Waals surface area contributed by atoms with Gasteiger partial charge in [0.05, 0.1) is 24.6 Å². The molecule has 1 aliphatic rings. The van der Waals surface area contributed by atoms with Gasteiger partial charge in [0, 0.05) is 18.7 Å². The Morgan fingerprint density at radius 1 is 1.00 bits per heavy atom. The monoisotopic (exact) mass is 382 g/mol. The van der Waals surface area contributed by atoms with Gasteiger partial charge in [-0.05, 0) is 62.9 Å². The smallest absolute Gasteiger partial charge is 0.255 e. The molecule has 1 amide bonds. The van der Waals surface area contributed by atoms with Crippen LogP contribution in [-0.4, -0.2) is 32.2 Å². The van der Waals surface area contributed by atoms with Gasteiger partial charge in [-0.3, -0.25) is 4.79 Å². The first-order valence-corrected chi connectivity index (χ1v) is 10.3. The molecule has 0 unspecified atom stereocenters. The molecular weight excluding hydrogens is 352 g/mol. The molecule has 0 radical (unpaired) electrons. The Balaban J connectivity index is 1.78. The van der Waals surface area contributed by atoms with Gasteiger partial charge in [-0.1, -0.05) is 19.1 Å². The Morgan fingerprint density at radius 3 is 2.54 bits per heavy atom. The van der Waals surface area contributed by atoms with Crippen LogP contribution < -0.4 is 19.7 Å². The van der Waals surface area contributed by atoms with E-state index in [4.69, 9.17) is 9.47 Å². The average Bonchev–Trinajstić information content (AvgIpc) is 2.74. The molecule has 1 N–H and O–H groups in total. The van der Waals surface area contributed by atoms with E-state index in [1.807, 2.05) is 31.2 Å². The van der Waals surface area contributed by atoms with Crippen molar-refractivity contribution in [3.05, 3.63) is 48.0 Å². The number of ether oxygens (including phenoxy) is 2. The number of carbonyl (C=O) groups is 1. The molecule has 3 rings (SSSR count). The molecule has 5 heteroatoms. The Labute approximate surface area is 167 Å². The van der Waals surface area contributed by atoms with Crippen LogP contribution in [-0.2, 0) is 0 Å². The number of nitrogens with zero attached hydrogens (tertiary/aromatic N) is 1. The number of benzene rings is 2. The molecule has 0 bridgehead atoms. The van der Waals surface area contributed by atoms with Crippen molar-refractivity contribution in [2.45, 2.75) is 39.5 Å². The summed E-state index contributed by atoms with van der Waals surface area (Å²) in [4.78, 5) is 15.3. The molecule has 150 valence electrons. The van der Waals surface area contributed by atoms with Gasteiger partial charge >= 0.3 is 0 Å². The molecular formula is C23H30N2O3. The zero-order chi connectivity index (χ0) is 19.8. The Morgan fingerprint density at radius 2 is 1.79 bits per heavy atom. The van der Waals surface area contributed by atoms with E-state index in [-0.39, 0.29) is 5.91 Å².